The van der Waals surface area contributed by atoms with Gasteiger partial charge >= 0.3 is 5.97 Å². The number of aliphatic carboxylic acids is 1. The number of anilines is 1. The van der Waals surface area contributed by atoms with Gasteiger partial charge in [-0.1, -0.05) is 38.4 Å². The van der Waals surface area contributed by atoms with Crippen molar-refractivity contribution in [2.24, 2.45) is 17.8 Å². The number of benzene rings is 2. The van der Waals surface area contributed by atoms with Gasteiger partial charge in [-0.05, 0) is 142 Å². The zero-order valence-electron chi connectivity index (χ0n) is 30.7. The minimum absolute atomic E-state index is 0.171. The Morgan fingerprint density at radius 2 is 1.90 bits per heavy atom. The number of aromatic nitrogens is 1. The molecule has 1 spiro atoms. The number of hydrogen-bond acceptors (Lipinski definition) is 7. The Bertz CT molecular complexity index is 1720. The number of carbonyl (C=O) groups is 1. The van der Waals surface area contributed by atoms with Gasteiger partial charge in [0.05, 0.1) is 19.8 Å². The largest absolute Gasteiger partial charge is 0.493 e. The first kappa shape index (κ1) is 35.9. The molecule has 3 aliphatic carbocycles. The molecular weight excluding hydrogens is 662 g/mol. The van der Waals surface area contributed by atoms with Crippen molar-refractivity contribution in [3.63, 3.8) is 0 Å². The maximum Gasteiger partial charge on any atom is 0.329 e. The van der Waals surface area contributed by atoms with Crippen molar-refractivity contribution in [1.29, 1.82) is 0 Å². The fourth-order valence-corrected chi connectivity index (χ4v) is 9.67. The summed E-state index contributed by atoms with van der Waals surface area (Å²) in [5, 5.41) is 14.7. The Balaban J connectivity index is 1.14. The molecule has 51 heavy (non-hydrogen) atoms. The molecule has 4 aliphatic rings. The number of ether oxygens (including phenoxy) is 3. The van der Waals surface area contributed by atoms with E-state index in [2.05, 4.69) is 55.2 Å². The van der Waals surface area contributed by atoms with Crippen LogP contribution in [0.3, 0.4) is 0 Å². The van der Waals surface area contributed by atoms with E-state index in [1.165, 1.54) is 35.2 Å². The van der Waals surface area contributed by atoms with Crippen LogP contribution in [-0.2, 0) is 23.1 Å². The second-order valence-corrected chi connectivity index (χ2v) is 16.4. The molecular formula is C42H54ClN3O5. The second kappa shape index (κ2) is 14.9. The van der Waals surface area contributed by atoms with Gasteiger partial charge in [0.2, 0.25) is 0 Å². The van der Waals surface area contributed by atoms with Gasteiger partial charge in [-0.3, -0.25) is 4.98 Å². The molecule has 8 nitrogen and oxygen atoms in total. The first-order valence-corrected chi connectivity index (χ1v) is 19.5. The van der Waals surface area contributed by atoms with E-state index in [1.807, 2.05) is 36.5 Å². The molecule has 7 rings (SSSR count). The van der Waals surface area contributed by atoms with Crippen LogP contribution >= 0.6 is 11.6 Å². The van der Waals surface area contributed by atoms with Crippen molar-refractivity contribution >= 4 is 23.3 Å². The van der Waals surface area contributed by atoms with E-state index in [9.17, 15) is 9.90 Å². The summed E-state index contributed by atoms with van der Waals surface area (Å²) >= 11 is 6.30. The lowest BCUT2D eigenvalue weighted by molar-refractivity contribution is -0.144. The third-order valence-corrected chi connectivity index (χ3v) is 12.6. The Morgan fingerprint density at radius 3 is 2.63 bits per heavy atom. The number of fused-ring (bicyclic) bond motifs is 4. The summed E-state index contributed by atoms with van der Waals surface area (Å²) in [6.45, 7) is 10.5. The predicted octanol–water partition coefficient (Wildman–Crippen LogP) is 8.54. The van der Waals surface area contributed by atoms with E-state index >= 15 is 0 Å². The van der Waals surface area contributed by atoms with Crippen LogP contribution in [0.25, 0.3) is 0 Å². The first-order valence-electron chi connectivity index (χ1n) is 19.1. The van der Waals surface area contributed by atoms with Crippen molar-refractivity contribution in [3.05, 3.63) is 76.1 Å². The van der Waals surface area contributed by atoms with Gasteiger partial charge in [0.15, 0.2) is 11.5 Å². The number of aryl methyl sites for hydroxylation is 1. The molecule has 1 aromatic heterocycles. The quantitative estimate of drug-likeness (QED) is 0.204. The van der Waals surface area contributed by atoms with E-state index < -0.39 is 11.5 Å². The van der Waals surface area contributed by atoms with Crippen LogP contribution < -0.4 is 19.5 Å². The van der Waals surface area contributed by atoms with Crippen molar-refractivity contribution < 1.29 is 24.1 Å². The lowest BCUT2D eigenvalue weighted by Gasteiger charge is -2.47. The summed E-state index contributed by atoms with van der Waals surface area (Å²) in [4.78, 5) is 20.0. The molecule has 0 bridgehead atoms. The summed E-state index contributed by atoms with van der Waals surface area (Å²) in [6, 6.07) is 13.9. The zero-order chi connectivity index (χ0) is 35.8. The van der Waals surface area contributed by atoms with Crippen LogP contribution in [0.2, 0.25) is 5.02 Å². The average molecular weight is 716 g/mol. The number of pyridine rings is 1. The van der Waals surface area contributed by atoms with Crippen LogP contribution in [0.4, 0.5) is 5.69 Å². The van der Waals surface area contributed by atoms with E-state index in [1.54, 1.807) is 0 Å². The summed E-state index contributed by atoms with van der Waals surface area (Å²) < 4.78 is 19.5. The van der Waals surface area contributed by atoms with Gasteiger partial charge < -0.3 is 29.5 Å². The fraction of sp³-hybridized carbons (Fsp3) is 0.571. The molecule has 1 unspecified atom stereocenters. The molecule has 1 saturated carbocycles. The minimum Gasteiger partial charge on any atom is -0.493 e. The lowest BCUT2D eigenvalue weighted by atomic mass is 9.59. The van der Waals surface area contributed by atoms with Gasteiger partial charge in [0.25, 0.3) is 0 Å². The topological polar surface area (TPSA) is 93.2 Å². The highest BCUT2D eigenvalue weighted by Gasteiger charge is 2.54. The van der Waals surface area contributed by atoms with Gasteiger partial charge in [0, 0.05) is 40.6 Å². The summed E-state index contributed by atoms with van der Waals surface area (Å²) in [5.41, 5.74) is 4.59. The number of rotatable bonds is 11. The number of carboxylic acid groups (broad SMARTS) is 1. The maximum absolute atomic E-state index is 13.0. The molecule has 274 valence electrons. The van der Waals surface area contributed by atoms with Crippen LogP contribution in [0, 0.1) is 17.8 Å². The Kier molecular flexibility index (Phi) is 10.5. The monoisotopic (exact) mass is 715 g/mol. The molecule has 2 heterocycles. The molecule has 9 heteroatoms. The second-order valence-electron chi connectivity index (χ2n) is 16.0. The highest BCUT2D eigenvalue weighted by molar-refractivity contribution is 6.30. The third-order valence-electron chi connectivity index (χ3n) is 12.4. The van der Waals surface area contributed by atoms with Crippen LogP contribution in [0.15, 0.2) is 48.7 Å². The molecule has 2 aromatic carbocycles. The molecule has 1 fully saturated rings. The third kappa shape index (κ3) is 7.28. The Hall–Kier alpha value is -3.49. The van der Waals surface area contributed by atoms with Gasteiger partial charge in [-0.15, -0.1) is 0 Å². The van der Waals surface area contributed by atoms with Crippen molar-refractivity contribution in [2.75, 3.05) is 45.3 Å². The molecule has 4 atom stereocenters. The standard InChI is InChI=1S/C42H54ClN3O5/c1-5-46(4)23-29-25-50-37-20-30-19-31(18-27(2)24-49-36-12-17-44-35-11-6-8-28(3)39(35)36)41(34(30)22-38(37)51-26-29)13-15-42(16-14-41,40(47)48)45-33-10-7-9-32(43)21-33/h7,9-10,12,17,20-22,27-29,31,45H,5-6,8,11,13-16,18-19,23-26H2,1-4H3,(H,47,48)/t27-,28-,29?,31+,41?,42?/m1/s1. The first-order chi connectivity index (χ1) is 24.6. The van der Waals surface area contributed by atoms with E-state index in [0.29, 0.717) is 55.4 Å². The van der Waals surface area contributed by atoms with E-state index in [4.69, 9.17) is 25.8 Å². The highest BCUT2D eigenvalue weighted by Crippen LogP contribution is 2.58. The predicted molar refractivity (Wildman–Crippen MR) is 202 cm³/mol. The van der Waals surface area contributed by atoms with E-state index in [-0.39, 0.29) is 11.3 Å². The number of hydrogen-bond donors (Lipinski definition) is 2. The molecule has 2 N–H and O–H groups in total. The lowest BCUT2D eigenvalue weighted by Crippen LogP contribution is -2.53. The molecule has 0 saturated heterocycles. The fourth-order valence-electron chi connectivity index (χ4n) is 9.48. The number of halogens is 1. The summed E-state index contributed by atoms with van der Waals surface area (Å²) in [5.74, 6) is 3.21. The zero-order valence-corrected chi connectivity index (χ0v) is 31.4. The molecule has 0 radical (unpaired) electrons. The number of carboxylic acids is 1. The molecule has 3 aromatic rings. The van der Waals surface area contributed by atoms with Crippen molar-refractivity contribution in [1.82, 2.24) is 9.88 Å². The van der Waals surface area contributed by atoms with Gasteiger partial charge in [-0.25, -0.2) is 4.79 Å². The van der Waals surface area contributed by atoms with Gasteiger partial charge in [0.1, 0.15) is 11.3 Å². The number of nitrogens with one attached hydrogen (secondary N) is 1. The summed E-state index contributed by atoms with van der Waals surface area (Å²) in [6.07, 6.45) is 9.73. The maximum atomic E-state index is 13.0. The van der Waals surface area contributed by atoms with Crippen molar-refractivity contribution in [2.45, 2.75) is 95.4 Å². The van der Waals surface area contributed by atoms with E-state index in [0.717, 1.165) is 68.1 Å². The SMILES string of the molecule is CCN(C)CC1COc2cc3c(cc2OC1)C1(CCC(Nc2cccc(Cl)c2)(C(=O)O)CC1)[C@@H](C[C@@H](C)COc1ccnc2c1[C@H](C)CCC2)C3. The van der Waals surface area contributed by atoms with Crippen LogP contribution in [0.1, 0.15) is 94.0 Å². The average Bonchev–Trinajstić information content (AvgIpc) is 3.24. The summed E-state index contributed by atoms with van der Waals surface area (Å²) in [7, 11) is 2.13. The Labute approximate surface area is 308 Å². The normalized spacial score (nSPS) is 27.4. The highest BCUT2D eigenvalue weighted by atomic mass is 35.5. The molecule has 1 aliphatic heterocycles. The van der Waals surface area contributed by atoms with Gasteiger partial charge in [-0.2, -0.15) is 0 Å². The van der Waals surface area contributed by atoms with Crippen molar-refractivity contribution in [3.8, 4) is 17.2 Å². The smallest absolute Gasteiger partial charge is 0.329 e. The molecule has 0 amide bonds. The Morgan fingerprint density at radius 1 is 1.14 bits per heavy atom. The van der Waals surface area contributed by atoms with Crippen LogP contribution in [0.5, 0.6) is 17.2 Å². The minimum atomic E-state index is -1.07. The van der Waals surface area contributed by atoms with Crippen LogP contribution in [-0.4, -0.2) is 66.5 Å². The number of nitrogens with zero attached hydrogens (tertiary/aromatic N) is 2.